The van der Waals surface area contributed by atoms with Crippen LogP contribution in [0.25, 0.3) is 0 Å². The Hall–Kier alpha value is -0.850. The number of halogens is 2. The number of rotatable bonds is 7. The van der Waals surface area contributed by atoms with Crippen LogP contribution in [0.3, 0.4) is 0 Å². The van der Waals surface area contributed by atoms with Gasteiger partial charge in [0.25, 0.3) is 0 Å². The Labute approximate surface area is 163 Å². The average Bonchev–Trinajstić information content (AvgIpc) is 2.58. The molecule has 0 bridgehead atoms. The maximum Gasteiger partial charge on any atom is 0.240 e. The van der Waals surface area contributed by atoms with E-state index in [1.165, 1.54) is 5.56 Å². The molecule has 1 aliphatic heterocycles. The van der Waals surface area contributed by atoms with Gasteiger partial charge in [-0.25, -0.2) is 0 Å². The summed E-state index contributed by atoms with van der Waals surface area (Å²) in [5.41, 5.74) is 2.42. The molecule has 144 valence electrons. The van der Waals surface area contributed by atoms with Crippen LogP contribution in [0, 0.1) is 0 Å². The molecule has 0 aliphatic carbocycles. The summed E-state index contributed by atoms with van der Waals surface area (Å²) in [7, 11) is 0. The maximum absolute atomic E-state index is 12.3. The molecule has 1 aliphatic rings. The SMILES string of the molecule is CCN(CC)Cc1cccc(CNC(=O)[C@H]2NCCO[C@@H]2C)c1.Cl.Cl. The Bertz CT molecular complexity index is 513. The lowest BCUT2D eigenvalue weighted by molar-refractivity contribution is -0.129. The summed E-state index contributed by atoms with van der Waals surface area (Å²) in [4.78, 5) is 14.7. The Balaban J connectivity index is 0.00000288. The van der Waals surface area contributed by atoms with Crippen LogP contribution in [0.2, 0.25) is 0 Å². The third kappa shape index (κ3) is 7.50. The summed E-state index contributed by atoms with van der Waals surface area (Å²) >= 11 is 0. The van der Waals surface area contributed by atoms with E-state index < -0.39 is 0 Å². The third-order valence-electron chi connectivity index (χ3n) is 4.36. The van der Waals surface area contributed by atoms with Gasteiger partial charge in [-0.15, -0.1) is 24.8 Å². The van der Waals surface area contributed by atoms with Gasteiger partial charge in [0.05, 0.1) is 12.7 Å². The third-order valence-corrected chi connectivity index (χ3v) is 4.36. The van der Waals surface area contributed by atoms with E-state index in [4.69, 9.17) is 4.74 Å². The van der Waals surface area contributed by atoms with Gasteiger partial charge in [0.1, 0.15) is 6.04 Å². The summed E-state index contributed by atoms with van der Waals surface area (Å²) < 4.78 is 5.52. The molecule has 0 unspecified atom stereocenters. The van der Waals surface area contributed by atoms with Crippen LogP contribution in [0.5, 0.6) is 0 Å². The zero-order valence-corrected chi connectivity index (χ0v) is 16.9. The topological polar surface area (TPSA) is 53.6 Å². The van der Waals surface area contributed by atoms with E-state index in [0.29, 0.717) is 13.2 Å². The Morgan fingerprint density at radius 1 is 1.28 bits per heavy atom. The Kier molecular flexibility index (Phi) is 12.1. The molecule has 2 atom stereocenters. The lowest BCUT2D eigenvalue weighted by Gasteiger charge is -2.29. The standard InChI is InChI=1S/C18H29N3O2.2ClH/c1-4-21(5-2)13-16-8-6-7-15(11-16)12-20-18(22)17-14(3)23-10-9-19-17;;/h6-8,11,14,17,19H,4-5,9-10,12-13H2,1-3H3,(H,20,22);2*1H/t14-,17+;;/m1../s1. The number of nitrogens with one attached hydrogen (secondary N) is 2. The molecule has 2 N–H and O–H groups in total. The quantitative estimate of drug-likeness (QED) is 0.748. The van der Waals surface area contributed by atoms with Gasteiger partial charge in [0.2, 0.25) is 5.91 Å². The summed E-state index contributed by atoms with van der Waals surface area (Å²) in [5, 5.41) is 6.23. The van der Waals surface area contributed by atoms with Crippen molar-refractivity contribution in [3.63, 3.8) is 0 Å². The minimum Gasteiger partial charge on any atom is -0.375 e. The van der Waals surface area contributed by atoms with Gasteiger partial charge in [0, 0.05) is 19.6 Å². The molecule has 1 amide bonds. The highest BCUT2D eigenvalue weighted by Gasteiger charge is 2.27. The molecule has 1 fully saturated rings. The highest BCUT2D eigenvalue weighted by Crippen LogP contribution is 2.09. The van der Waals surface area contributed by atoms with Crippen LogP contribution in [0.4, 0.5) is 0 Å². The van der Waals surface area contributed by atoms with Crippen molar-refractivity contribution < 1.29 is 9.53 Å². The van der Waals surface area contributed by atoms with Gasteiger partial charge in [-0.3, -0.25) is 9.69 Å². The monoisotopic (exact) mass is 391 g/mol. The fourth-order valence-electron chi connectivity index (χ4n) is 2.87. The predicted molar refractivity (Wildman–Crippen MR) is 107 cm³/mol. The molecule has 1 saturated heterocycles. The van der Waals surface area contributed by atoms with E-state index in [-0.39, 0.29) is 42.9 Å². The van der Waals surface area contributed by atoms with Crippen molar-refractivity contribution in [3.05, 3.63) is 35.4 Å². The first kappa shape index (κ1) is 24.1. The molecule has 25 heavy (non-hydrogen) atoms. The number of ether oxygens (including phenoxy) is 1. The number of carbonyl (C=O) groups excluding carboxylic acids is 1. The van der Waals surface area contributed by atoms with Crippen LogP contribution in [0.15, 0.2) is 24.3 Å². The molecular weight excluding hydrogens is 361 g/mol. The Morgan fingerprint density at radius 3 is 2.60 bits per heavy atom. The van der Waals surface area contributed by atoms with E-state index in [9.17, 15) is 4.79 Å². The van der Waals surface area contributed by atoms with Crippen molar-refractivity contribution in [2.45, 2.75) is 46.0 Å². The smallest absolute Gasteiger partial charge is 0.240 e. The average molecular weight is 392 g/mol. The van der Waals surface area contributed by atoms with Crippen molar-refractivity contribution in [2.24, 2.45) is 0 Å². The molecule has 1 aromatic carbocycles. The van der Waals surface area contributed by atoms with Crippen molar-refractivity contribution in [1.29, 1.82) is 0 Å². The second kappa shape index (κ2) is 12.5. The lowest BCUT2D eigenvalue weighted by atomic mass is 10.1. The summed E-state index contributed by atoms with van der Waals surface area (Å²) in [6.45, 7) is 11.3. The molecule has 5 nitrogen and oxygen atoms in total. The minimum absolute atomic E-state index is 0. The van der Waals surface area contributed by atoms with Crippen LogP contribution in [-0.2, 0) is 22.6 Å². The Morgan fingerprint density at radius 2 is 1.96 bits per heavy atom. The number of amides is 1. The first-order chi connectivity index (χ1) is 11.1. The molecule has 1 aromatic rings. The fraction of sp³-hybridized carbons (Fsp3) is 0.611. The van der Waals surface area contributed by atoms with Gasteiger partial charge >= 0.3 is 0 Å². The molecule has 2 rings (SSSR count). The zero-order chi connectivity index (χ0) is 16.7. The molecule has 0 saturated carbocycles. The maximum atomic E-state index is 12.3. The van der Waals surface area contributed by atoms with Gasteiger partial charge in [0.15, 0.2) is 0 Å². The number of benzene rings is 1. The van der Waals surface area contributed by atoms with Gasteiger partial charge < -0.3 is 15.4 Å². The molecule has 0 spiro atoms. The fourth-order valence-corrected chi connectivity index (χ4v) is 2.87. The predicted octanol–water partition coefficient (Wildman–Crippen LogP) is 2.37. The lowest BCUT2D eigenvalue weighted by Crippen LogP contribution is -2.55. The van der Waals surface area contributed by atoms with E-state index in [1.54, 1.807) is 0 Å². The normalized spacial score (nSPS) is 19.7. The molecule has 0 aromatic heterocycles. The van der Waals surface area contributed by atoms with E-state index in [1.807, 2.05) is 6.92 Å². The zero-order valence-electron chi connectivity index (χ0n) is 15.3. The summed E-state index contributed by atoms with van der Waals surface area (Å²) in [5.74, 6) is 0.00588. The van der Waals surface area contributed by atoms with Crippen LogP contribution >= 0.6 is 24.8 Å². The highest BCUT2D eigenvalue weighted by molar-refractivity contribution is 5.85. The van der Waals surface area contributed by atoms with E-state index in [2.05, 4.69) is 53.6 Å². The second-order valence-electron chi connectivity index (χ2n) is 6.01. The molecule has 0 radical (unpaired) electrons. The number of carbonyl (C=O) groups is 1. The highest BCUT2D eigenvalue weighted by atomic mass is 35.5. The summed E-state index contributed by atoms with van der Waals surface area (Å²) in [6, 6.07) is 8.17. The van der Waals surface area contributed by atoms with Crippen molar-refractivity contribution in [2.75, 3.05) is 26.2 Å². The minimum atomic E-state index is -0.261. The van der Waals surface area contributed by atoms with E-state index >= 15 is 0 Å². The number of morpholine rings is 1. The number of hydrogen-bond donors (Lipinski definition) is 2. The largest absolute Gasteiger partial charge is 0.375 e. The van der Waals surface area contributed by atoms with Gasteiger partial charge in [-0.2, -0.15) is 0 Å². The number of nitrogens with zero attached hydrogens (tertiary/aromatic N) is 1. The van der Waals surface area contributed by atoms with Crippen LogP contribution < -0.4 is 10.6 Å². The summed E-state index contributed by atoms with van der Waals surface area (Å²) in [6.07, 6.45) is -0.0854. The van der Waals surface area contributed by atoms with Gasteiger partial charge in [-0.05, 0) is 31.1 Å². The number of hydrogen-bond acceptors (Lipinski definition) is 4. The van der Waals surface area contributed by atoms with Crippen LogP contribution in [-0.4, -0.2) is 49.2 Å². The van der Waals surface area contributed by atoms with Crippen molar-refractivity contribution >= 4 is 30.7 Å². The first-order valence-corrected chi connectivity index (χ1v) is 8.57. The van der Waals surface area contributed by atoms with Crippen molar-refractivity contribution in [1.82, 2.24) is 15.5 Å². The first-order valence-electron chi connectivity index (χ1n) is 8.57. The van der Waals surface area contributed by atoms with Crippen molar-refractivity contribution in [3.8, 4) is 0 Å². The van der Waals surface area contributed by atoms with Crippen LogP contribution in [0.1, 0.15) is 31.9 Å². The molecule has 1 heterocycles. The molecule has 7 heteroatoms. The molecular formula is C18H31Cl2N3O2. The van der Waals surface area contributed by atoms with Gasteiger partial charge in [-0.1, -0.05) is 38.1 Å². The second-order valence-corrected chi connectivity index (χ2v) is 6.01. The van der Waals surface area contributed by atoms with E-state index in [0.717, 1.165) is 31.7 Å².